The first-order valence-electron chi connectivity index (χ1n) is 8.64. The molecule has 0 saturated carbocycles. The van der Waals surface area contributed by atoms with E-state index in [0.29, 0.717) is 16.8 Å². The summed E-state index contributed by atoms with van der Waals surface area (Å²) in [6.45, 7) is 4.27. The molecule has 6 nitrogen and oxygen atoms in total. The van der Waals surface area contributed by atoms with Gasteiger partial charge in [-0.25, -0.2) is 8.42 Å². The van der Waals surface area contributed by atoms with E-state index in [1.807, 2.05) is 26.0 Å². The van der Waals surface area contributed by atoms with Crippen LogP contribution in [0.3, 0.4) is 0 Å². The van der Waals surface area contributed by atoms with E-state index in [2.05, 4.69) is 21.7 Å². The van der Waals surface area contributed by atoms with E-state index in [4.69, 9.17) is 0 Å². The van der Waals surface area contributed by atoms with Crippen molar-refractivity contribution in [2.45, 2.75) is 44.8 Å². The molecule has 1 heterocycles. The first kappa shape index (κ1) is 25.0. The van der Waals surface area contributed by atoms with Crippen molar-refractivity contribution in [2.24, 2.45) is 4.99 Å². The largest absolute Gasteiger partial charge is 0.511 e. The maximum absolute atomic E-state index is 12.6. The molecule has 0 bridgehead atoms. The number of piperidine rings is 1. The fourth-order valence-corrected chi connectivity index (χ4v) is 3.98. The second kappa shape index (κ2) is 10.1. The summed E-state index contributed by atoms with van der Waals surface area (Å²) in [7, 11) is -3.64. The van der Waals surface area contributed by atoms with E-state index in [1.54, 1.807) is 7.05 Å². The van der Waals surface area contributed by atoms with Crippen molar-refractivity contribution in [3.05, 3.63) is 34.9 Å². The zero-order valence-corrected chi connectivity index (χ0v) is 19.2. The number of hydrogen-bond donors (Lipinski definition) is 2. The van der Waals surface area contributed by atoms with Crippen molar-refractivity contribution in [1.29, 1.82) is 0 Å². The molecular weight excluding hydrogens is 508 g/mol. The monoisotopic (exact) mass is 534 g/mol. The number of guanidine groups is 1. The molecule has 0 atom stereocenters. The molecule has 1 aromatic carbocycles. The summed E-state index contributed by atoms with van der Waals surface area (Å²) in [4.78, 5) is 4.13. The summed E-state index contributed by atoms with van der Waals surface area (Å²) in [5.41, 5.74) is -1.80. The summed E-state index contributed by atoms with van der Waals surface area (Å²) in [5.74, 6) is 0.534. The van der Waals surface area contributed by atoms with Crippen LogP contribution in [0.4, 0.5) is 13.2 Å². The Labute approximate surface area is 181 Å². The Morgan fingerprint density at radius 1 is 1.25 bits per heavy atom. The average Bonchev–Trinajstić information content (AvgIpc) is 2.59. The van der Waals surface area contributed by atoms with Crippen LogP contribution in [0, 0.1) is 13.8 Å². The van der Waals surface area contributed by atoms with E-state index in [9.17, 15) is 21.6 Å². The van der Waals surface area contributed by atoms with E-state index in [-0.39, 0.29) is 55.9 Å². The molecule has 160 valence electrons. The SMILES string of the molecule is CN=C(NCc1ccc(C)cc1C)NC1CCN(S(=O)(=O)C(F)(F)F)CC1.I. The summed E-state index contributed by atoms with van der Waals surface area (Å²) < 4.78 is 61.3. The summed E-state index contributed by atoms with van der Waals surface area (Å²) >= 11 is 0. The summed E-state index contributed by atoms with van der Waals surface area (Å²) in [6, 6.07) is 6.00. The van der Waals surface area contributed by atoms with Crippen LogP contribution >= 0.6 is 24.0 Å². The summed E-state index contributed by atoms with van der Waals surface area (Å²) in [6.07, 6.45) is 0.555. The smallest absolute Gasteiger partial charge is 0.354 e. The lowest BCUT2D eigenvalue weighted by Gasteiger charge is -2.32. The normalized spacial score (nSPS) is 17.1. The standard InChI is InChI=1S/C17H25F3N4O2S.HI/c1-12-4-5-14(13(2)10-12)11-22-16(21-3)23-15-6-8-24(9-7-15)27(25,26)17(18,19)20;/h4-5,10,15H,6-9,11H2,1-3H3,(H2,21,22,23);1H. The first-order chi connectivity index (χ1) is 12.5. The molecule has 0 amide bonds. The van der Waals surface area contributed by atoms with Gasteiger partial charge in [0.1, 0.15) is 0 Å². The number of sulfonamides is 1. The molecule has 1 aliphatic rings. The van der Waals surface area contributed by atoms with Gasteiger partial charge in [0.25, 0.3) is 0 Å². The predicted octanol–water partition coefficient (Wildman–Crippen LogP) is 2.90. The third-order valence-corrected chi connectivity index (χ3v) is 6.23. The Morgan fingerprint density at radius 3 is 2.36 bits per heavy atom. The van der Waals surface area contributed by atoms with E-state index in [1.165, 1.54) is 5.56 Å². The van der Waals surface area contributed by atoms with Gasteiger partial charge < -0.3 is 10.6 Å². The second-order valence-electron chi connectivity index (χ2n) is 6.62. The van der Waals surface area contributed by atoms with Crippen LogP contribution in [0.1, 0.15) is 29.5 Å². The van der Waals surface area contributed by atoms with Crippen molar-refractivity contribution in [2.75, 3.05) is 20.1 Å². The number of benzene rings is 1. The van der Waals surface area contributed by atoms with Gasteiger partial charge in [-0.15, -0.1) is 24.0 Å². The first-order valence-corrected chi connectivity index (χ1v) is 10.1. The predicted molar refractivity (Wildman–Crippen MR) is 114 cm³/mol. The summed E-state index contributed by atoms with van der Waals surface area (Å²) in [5, 5.41) is 6.34. The van der Waals surface area contributed by atoms with E-state index < -0.39 is 15.5 Å². The molecule has 11 heteroatoms. The van der Waals surface area contributed by atoms with Gasteiger partial charge >= 0.3 is 15.5 Å². The van der Waals surface area contributed by atoms with Crippen molar-refractivity contribution < 1.29 is 21.6 Å². The number of nitrogens with one attached hydrogen (secondary N) is 2. The van der Waals surface area contributed by atoms with Crippen molar-refractivity contribution in [1.82, 2.24) is 14.9 Å². The Morgan fingerprint density at radius 2 is 1.86 bits per heavy atom. The van der Waals surface area contributed by atoms with Gasteiger partial charge in [0.2, 0.25) is 0 Å². The van der Waals surface area contributed by atoms with Crippen LogP contribution in [0.25, 0.3) is 0 Å². The minimum Gasteiger partial charge on any atom is -0.354 e. The molecule has 2 N–H and O–H groups in total. The quantitative estimate of drug-likeness (QED) is 0.354. The number of aryl methyl sites for hydroxylation is 2. The lowest BCUT2D eigenvalue weighted by atomic mass is 10.1. The molecule has 0 aromatic heterocycles. The van der Waals surface area contributed by atoms with Gasteiger partial charge in [0.05, 0.1) is 0 Å². The van der Waals surface area contributed by atoms with Crippen LogP contribution < -0.4 is 10.6 Å². The average molecular weight is 534 g/mol. The molecule has 0 radical (unpaired) electrons. The Hall–Kier alpha value is -1.08. The Kier molecular flexibility index (Phi) is 9.00. The zero-order valence-electron chi connectivity index (χ0n) is 16.0. The van der Waals surface area contributed by atoms with Gasteiger partial charge in [-0.2, -0.15) is 17.5 Å². The van der Waals surface area contributed by atoms with E-state index in [0.717, 1.165) is 11.1 Å². The highest BCUT2D eigenvalue weighted by atomic mass is 127. The van der Waals surface area contributed by atoms with Gasteiger partial charge in [-0.3, -0.25) is 4.99 Å². The molecule has 28 heavy (non-hydrogen) atoms. The Bertz CT molecular complexity index is 792. The van der Waals surface area contributed by atoms with Gasteiger partial charge in [-0.05, 0) is 37.8 Å². The fraction of sp³-hybridized carbons (Fsp3) is 0.588. The number of rotatable bonds is 4. The molecular formula is C17H26F3IN4O2S. The highest BCUT2D eigenvalue weighted by Crippen LogP contribution is 2.28. The van der Waals surface area contributed by atoms with Crippen molar-refractivity contribution in [3.8, 4) is 0 Å². The van der Waals surface area contributed by atoms with Gasteiger partial charge in [0.15, 0.2) is 5.96 Å². The molecule has 0 unspecified atom stereocenters. The molecule has 2 rings (SSSR count). The molecule has 1 aromatic rings. The molecule has 1 fully saturated rings. The van der Waals surface area contributed by atoms with Crippen LogP contribution in [0.2, 0.25) is 0 Å². The molecule has 1 aliphatic heterocycles. The van der Waals surface area contributed by atoms with Crippen molar-refractivity contribution >= 4 is 40.0 Å². The third kappa shape index (κ3) is 6.21. The lowest BCUT2D eigenvalue weighted by molar-refractivity contribution is -0.0494. The van der Waals surface area contributed by atoms with E-state index >= 15 is 0 Å². The highest BCUT2D eigenvalue weighted by molar-refractivity contribution is 14.0. The number of nitrogens with zero attached hydrogens (tertiary/aromatic N) is 2. The number of alkyl halides is 3. The maximum Gasteiger partial charge on any atom is 0.511 e. The Balaban J connectivity index is 0.00000392. The molecule has 0 spiro atoms. The zero-order chi connectivity index (χ0) is 20.2. The fourth-order valence-electron chi connectivity index (χ4n) is 3.00. The lowest BCUT2D eigenvalue weighted by Crippen LogP contribution is -2.51. The minimum absolute atomic E-state index is 0. The second-order valence-corrected chi connectivity index (χ2v) is 8.55. The molecule has 1 saturated heterocycles. The van der Waals surface area contributed by atoms with Crippen LogP contribution in [-0.2, 0) is 16.6 Å². The molecule has 0 aliphatic carbocycles. The van der Waals surface area contributed by atoms with Gasteiger partial charge in [-0.1, -0.05) is 23.8 Å². The van der Waals surface area contributed by atoms with Crippen LogP contribution in [0.15, 0.2) is 23.2 Å². The number of aliphatic imine (C=N–C) groups is 1. The number of halogens is 4. The van der Waals surface area contributed by atoms with Crippen LogP contribution in [0.5, 0.6) is 0 Å². The van der Waals surface area contributed by atoms with Gasteiger partial charge in [0, 0.05) is 32.7 Å². The number of hydrogen-bond acceptors (Lipinski definition) is 3. The minimum atomic E-state index is -5.25. The van der Waals surface area contributed by atoms with Crippen LogP contribution in [-0.4, -0.2) is 50.4 Å². The maximum atomic E-state index is 12.6. The topological polar surface area (TPSA) is 73.8 Å². The highest BCUT2D eigenvalue weighted by Gasteiger charge is 2.50. The third-order valence-electron chi connectivity index (χ3n) is 4.60. The van der Waals surface area contributed by atoms with Crippen molar-refractivity contribution in [3.63, 3.8) is 0 Å².